The minimum Gasteiger partial charge on any atom is -0.458 e. The van der Waals surface area contributed by atoms with Gasteiger partial charge in [-0.25, -0.2) is 0 Å². The van der Waals surface area contributed by atoms with Gasteiger partial charge in [0.1, 0.15) is 18.1 Å². The first-order valence-electron chi connectivity index (χ1n) is 3.40. The maximum atomic E-state index is 10.8. The maximum Gasteiger partial charge on any atom is 0.316 e. The monoisotopic (exact) mass is 138 g/mol. The van der Waals surface area contributed by atoms with Gasteiger partial charge < -0.3 is 9.47 Å². The molecule has 0 spiro atoms. The summed E-state index contributed by atoms with van der Waals surface area (Å²) < 4.78 is 10.3. The topological polar surface area (TPSA) is 35.5 Å². The highest BCUT2D eigenvalue weighted by molar-refractivity contribution is 5.81. The van der Waals surface area contributed by atoms with E-state index in [2.05, 4.69) is 0 Å². The van der Waals surface area contributed by atoms with Crippen molar-refractivity contribution in [3.05, 3.63) is 12.2 Å². The lowest BCUT2D eigenvalue weighted by atomic mass is 9.87. The van der Waals surface area contributed by atoms with E-state index in [0.29, 0.717) is 0 Å². The zero-order chi connectivity index (χ0) is 6.72. The van der Waals surface area contributed by atoms with Crippen LogP contribution >= 0.6 is 0 Å². The lowest BCUT2D eigenvalue weighted by Gasteiger charge is -2.32. The van der Waals surface area contributed by atoms with Gasteiger partial charge in [-0.3, -0.25) is 4.79 Å². The summed E-state index contributed by atoms with van der Waals surface area (Å²) in [6.45, 7) is 0. The van der Waals surface area contributed by atoms with Crippen molar-refractivity contribution in [3.8, 4) is 0 Å². The van der Waals surface area contributed by atoms with E-state index in [4.69, 9.17) is 9.47 Å². The van der Waals surface area contributed by atoms with Gasteiger partial charge in [0.05, 0.1) is 6.10 Å². The van der Waals surface area contributed by atoms with Gasteiger partial charge in [-0.1, -0.05) is 12.2 Å². The van der Waals surface area contributed by atoms with Crippen LogP contribution in [0.1, 0.15) is 0 Å². The number of hydrogen-bond donors (Lipinski definition) is 0. The molecule has 3 aliphatic heterocycles. The van der Waals surface area contributed by atoms with E-state index in [0.717, 1.165) is 0 Å². The summed E-state index contributed by atoms with van der Waals surface area (Å²) in [4.78, 5) is 10.8. The lowest BCUT2D eigenvalue weighted by Crippen LogP contribution is -2.50. The average molecular weight is 138 g/mol. The molecule has 0 unspecified atom stereocenters. The Morgan fingerprint density at radius 2 is 2.10 bits per heavy atom. The largest absolute Gasteiger partial charge is 0.458 e. The van der Waals surface area contributed by atoms with Crippen LogP contribution in [-0.2, 0) is 14.3 Å². The van der Waals surface area contributed by atoms with E-state index in [1.165, 1.54) is 0 Å². The Morgan fingerprint density at radius 3 is 2.70 bits per heavy atom. The van der Waals surface area contributed by atoms with Crippen molar-refractivity contribution in [3.63, 3.8) is 0 Å². The second kappa shape index (κ2) is 1.27. The van der Waals surface area contributed by atoms with Crippen molar-refractivity contribution in [1.29, 1.82) is 0 Å². The zero-order valence-electron chi connectivity index (χ0n) is 5.19. The number of ether oxygens (including phenoxy) is 2. The first-order valence-corrected chi connectivity index (χ1v) is 3.40. The van der Waals surface area contributed by atoms with E-state index in [1.54, 1.807) is 0 Å². The summed E-state index contributed by atoms with van der Waals surface area (Å²) in [6.07, 6.45) is 4.05. The van der Waals surface area contributed by atoms with Gasteiger partial charge in [0.25, 0.3) is 0 Å². The first-order chi connectivity index (χ1) is 4.86. The van der Waals surface area contributed by atoms with Gasteiger partial charge in [-0.15, -0.1) is 0 Å². The van der Waals surface area contributed by atoms with Crippen molar-refractivity contribution >= 4 is 5.97 Å². The number of rotatable bonds is 0. The molecule has 0 radical (unpaired) electrons. The highest BCUT2D eigenvalue weighted by Gasteiger charge is 2.59. The highest BCUT2D eigenvalue weighted by atomic mass is 16.6. The fourth-order valence-electron chi connectivity index (χ4n) is 1.82. The fourth-order valence-corrected chi connectivity index (χ4v) is 1.82. The molecule has 52 valence electrons. The Labute approximate surface area is 57.6 Å². The molecule has 0 aromatic carbocycles. The van der Waals surface area contributed by atoms with E-state index >= 15 is 0 Å². The minimum absolute atomic E-state index is 0.0231. The molecule has 0 N–H and O–H groups in total. The van der Waals surface area contributed by atoms with Crippen molar-refractivity contribution in [2.24, 2.45) is 5.92 Å². The predicted octanol–water partition coefficient (Wildman–Crippen LogP) is -0.135. The molecule has 2 saturated heterocycles. The number of carbonyl (C=O) groups is 1. The normalized spacial score (nSPS) is 54.2. The van der Waals surface area contributed by atoms with Crippen LogP contribution in [-0.4, -0.2) is 24.3 Å². The van der Waals surface area contributed by atoms with Crippen molar-refractivity contribution in [2.75, 3.05) is 0 Å². The van der Waals surface area contributed by atoms with Gasteiger partial charge >= 0.3 is 5.97 Å². The van der Waals surface area contributed by atoms with Gasteiger partial charge in [0.2, 0.25) is 0 Å². The predicted molar refractivity (Wildman–Crippen MR) is 31.2 cm³/mol. The standard InChI is InChI=1S/C7H6O3/c8-7-5-3-1-2-4(9-3)6(5)10-7/h1-6H/t3-,4+,5-,6+/m1/s1. The average Bonchev–Trinajstić information content (AvgIpc) is 2.40. The lowest BCUT2D eigenvalue weighted by molar-refractivity contribution is -0.181. The van der Waals surface area contributed by atoms with Crippen LogP contribution in [0.5, 0.6) is 0 Å². The number of carbonyl (C=O) groups excluding carboxylic acids is 1. The third kappa shape index (κ3) is 0.344. The molecule has 10 heavy (non-hydrogen) atoms. The Kier molecular flexibility index (Phi) is 0.624. The van der Waals surface area contributed by atoms with Gasteiger partial charge in [0, 0.05) is 0 Å². The summed E-state index contributed by atoms with van der Waals surface area (Å²) in [7, 11) is 0. The molecule has 0 aromatic heterocycles. The van der Waals surface area contributed by atoms with Crippen LogP contribution in [0.25, 0.3) is 0 Å². The Bertz CT molecular complexity index is 233. The van der Waals surface area contributed by atoms with E-state index in [-0.39, 0.29) is 30.2 Å². The van der Waals surface area contributed by atoms with Crippen LogP contribution in [0.4, 0.5) is 0 Å². The van der Waals surface area contributed by atoms with E-state index in [1.807, 2.05) is 12.2 Å². The molecule has 4 atom stereocenters. The fraction of sp³-hybridized carbons (Fsp3) is 0.571. The minimum atomic E-state index is -0.0955. The Balaban J connectivity index is 2.03. The van der Waals surface area contributed by atoms with Crippen LogP contribution in [0.3, 0.4) is 0 Å². The number of hydrogen-bond acceptors (Lipinski definition) is 3. The second-order valence-corrected chi connectivity index (χ2v) is 2.88. The maximum absolute atomic E-state index is 10.8. The second-order valence-electron chi connectivity index (χ2n) is 2.88. The number of fused-ring (bicyclic) bond motifs is 5. The summed E-state index contributed by atoms with van der Waals surface area (Å²) in [5, 5.41) is 0. The molecule has 0 aromatic rings. The third-order valence-corrected chi connectivity index (χ3v) is 2.36. The van der Waals surface area contributed by atoms with Crippen LogP contribution < -0.4 is 0 Å². The van der Waals surface area contributed by atoms with Crippen molar-refractivity contribution < 1.29 is 14.3 Å². The summed E-state index contributed by atoms with van der Waals surface area (Å²) in [6, 6.07) is 0. The molecule has 2 fully saturated rings. The smallest absolute Gasteiger partial charge is 0.316 e. The molecule has 0 amide bonds. The van der Waals surface area contributed by atoms with Gasteiger partial charge in [0.15, 0.2) is 0 Å². The summed E-state index contributed by atoms with van der Waals surface area (Å²) >= 11 is 0. The molecule has 3 rings (SSSR count). The van der Waals surface area contributed by atoms with Crippen LogP contribution in [0, 0.1) is 5.92 Å². The highest BCUT2D eigenvalue weighted by Crippen LogP contribution is 2.42. The molecule has 3 heteroatoms. The molecular formula is C7H6O3. The SMILES string of the molecule is O=C1O[C@@H]2[C@H]1[C@H]1C=C[C@@H]2O1. The summed E-state index contributed by atoms with van der Waals surface area (Å²) in [5.74, 6) is -0.0724. The Hall–Kier alpha value is -0.830. The van der Waals surface area contributed by atoms with Gasteiger partial charge in [-0.05, 0) is 0 Å². The van der Waals surface area contributed by atoms with Crippen molar-refractivity contribution in [1.82, 2.24) is 0 Å². The molecule has 3 heterocycles. The van der Waals surface area contributed by atoms with Crippen LogP contribution in [0.15, 0.2) is 12.2 Å². The summed E-state index contributed by atoms with van der Waals surface area (Å²) in [5.41, 5.74) is 0. The zero-order valence-corrected chi connectivity index (χ0v) is 5.19. The molecule has 0 aliphatic carbocycles. The van der Waals surface area contributed by atoms with E-state index in [9.17, 15) is 4.79 Å². The van der Waals surface area contributed by atoms with Crippen molar-refractivity contribution in [2.45, 2.75) is 18.3 Å². The quantitative estimate of drug-likeness (QED) is 0.345. The Morgan fingerprint density at radius 1 is 1.30 bits per heavy atom. The molecule has 3 aliphatic rings. The van der Waals surface area contributed by atoms with Gasteiger partial charge in [-0.2, -0.15) is 0 Å². The molecular weight excluding hydrogens is 132 g/mol. The van der Waals surface area contributed by atoms with E-state index < -0.39 is 0 Å². The molecule has 3 nitrogen and oxygen atoms in total. The van der Waals surface area contributed by atoms with Crippen LogP contribution in [0.2, 0.25) is 0 Å². The third-order valence-electron chi connectivity index (χ3n) is 2.36. The first kappa shape index (κ1) is 4.91. The molecule has 0 saturated carbocycles. The molecule has 2 bridgehead atoms. The number of esters is 1.